The van der Waals surface area contributed by atoms with E-state index >= 15 is 0 Å². The van der Waals surface area contributed by atoms with Crippen molar-refractivity contribution in [1.82, 2.24) is 20.0 Å². The van der Waals surface area contributed by atoms with Crippen LogP contribution in [0, 0.1) is 17.2 Å². The van der Waals surface area contributed by atoms with Gasteiger partial charge in [-0.25, -0.2) is 9.07 Å². The number of pyridine rings is 1. The maximum atomic E-state index is 14.4. The standard InChI is InChI=1S/C22H23FN8/c1-15(2)19-7-3-5-16(27-19)12-31-13-21(28-29-31)30-10-8-20(26-14-30)17-6-4-9-22(23,25)18(17)11-24/h3-10,13,15,18H,12,14,25H2,1-2H3. The van der Waals surface area contributed by atoms with Crippen molar-refractivity contribution in [3.05, 3.63) is 71.9 Å². The fourth-order valence-electron chi connectivity index (χ4n) is 3.45. The van der Waals surface area contributed by atoms with Crippen LogP contribution in [0.25, 0.3) is 0 Å². The molecule has 0 saturated carbocycles. The zero-order valence-electron chi connectivity index (χ0n) is 17.4. The van der Waals surface area contributed by atoms with Crippen molar-refractivity contribution in [3.63, 3.8) is 0 Å². The second kappa shape index (κ2) is 8.24. The van der Waals surface area contributed by atoms with Gasteiger partial charge in [-0.1, -0.05) is 37.3 Å². The van der Waals surface area contributed by atoms with Crippen molar-refractivity contribution in [2.45, 2.75) is 32.1 Å². The summed E-state index contributed by atoms with van der Waals surface area (Å²) in [4.78, 5) is 11.0. The molecule has 2 aromatic heterocycles. The minimum absolute atomic E-state index is 0.272. The van der Waals surface area contributed by atoms with Crippen molar-refractivity contribution in [2.24, 2.45) is 16.6 Å². The number of allylic oxidation sites excluding steroid dienone is 3. The molecule has 3 heterocycles. The zero-order chi connectivity index (χ0) is 22.0. The molecular formula is C22H23FN8. The summed E-state index contributed by atoms with van der Waals surface area (Å²) >= 11 is 0. The molecule has 2 N–H and O–H groups in total. The molecule has 158 valence electrons. The van der Waals surface area contributed by atoms with E-state index in [0.717, 1.165) is 11.4 Å². The van der Waals surface area contributed by atoms with Crippen LogP contribution in [-0.4, -0.2) is 38.2 Å². The number of aromatic nitrogens is 4. The van der Waals surface area contributed by atoms with E-state index in [2.05, 4.69) is 34.1 Å². The first-order chi connectivity index (χ1) is 14.9. The second-order valence-corrected chi connectivity index (χ2v) is 7.82. The first-order valence-electron chi connectivity index (χ1n) is 10.00. The molecule has 0 saturated heterocycles. The van der Waals surface area contributed by atoms with Crippen molar-refractivity contribution in [1.29, 1.82) is 5.26 Å². The molecule has 2 unspecified atom stereocenters. The molecule has 0 amide bonds. The SMILES string of the molecule is CC(C)c1cccc(Cn2cc(N3C=CC(C4=CC=CC(N)(F)C4C#N)=NC3)nn2)n1. The maximum absolute atomic E-state index is 14.4. The third kappa shape index (κ3) is 4.29. The molecule has 4 rings (SSSR count). The number of halogens is 1. The van der Waals surface area contributed by atoms with Gasteiger partial charge in [0, 0.05) is 11.9 Å². The normalized spacial score (nSPS) is 23.0. The van der Waals surface area contributed by atoms with E-state index in [1.54, 1.807) is 23.0 Å². The van der Waals surface area contributed by atoms with Gasteiger partial charge in [-0.05, 0) is 35.8 Å². The Labute approximate surface area is 179 Å². The Balaban J connectivity index is 1.45. The Hall–Kier alpha value is -3.64. The average molecular weight is 418 g/mol. The highest BCUT2D eigenvalue weighted by Crippen LogP contribution is 2.31. The Morgan fingerprint density at radius 1 is 1.39 bits per heavy atom. The van der Waals surface area contributed by atoms with Gasteiger partial charge in [0.15, 0.2) is 11.6 Å². The fraction of sp³-hybridized carbons (Fsp3) is 0.318. The smallest absolute Gasteiger partial charge is 0.198 e. The van der Waals surface area contributed by atoms with Crippen molar-refractivity contribution >= 4 is 11.5 Å². The minimum atomic E-state index is -2.21. The second-order valence-electron chi connectivity index (χ2n) is 7.82. The summed E-state index contributed by atoms with van der Waals surface area (Å²) in [5.41, 5.74) is 8.55. The summed E-state index contributed by atoms with van der Waals surface area (Å²) in [5.74, 6) is -2.33. The Bertz CT molecular complexity index is 1130. The first kappa shape index (κ1) is 20.6. The molecule has 2 atom stereocenters. The highest BCUT2D eigenvalue weighted by molar-refractivity contribution is 6.10. The molecule has 9 heteroatoms. The van der Waals surface area contributed by atoms with Crippen LogP contribution in [-0.2, 0) is 6.54 Å². The molecule has 8 nitrogen and oxygen atoms in total. The van der Waals surface area contributed by atoms with E-state index in [-0.39, 0.29) is 6.67 Å². The van der Waals surface area contributed by atoms with Gasteiger partial charge in [0.1, 0.15) is 12.6 Å². The number of hydrogen-bond acceptors (Lipinski definition) is 7. The Kier molecular flexibility index (Phi) is 5.48. The van der Waals surface area contributed by atoms with Crippen molar-refractivity contribution in [2.75, 3.05) is 11.6 Å². The van der Waals surface area contributed by atoms with E-state index in [4.69, 9.17) is 5.73 Å². The van der Waals surface area contributed by atoms with Gasteiger partial charge in [0.2, 0.25) is 0 Å². The summed E-state index contributed by atoms with van der Waals surface area (Å²) < 4.78 is 16.2. The fourth-order valence-corrected chi connectivity index (χ4v) is 3.45. The Morgan fingerprint density at radius 3 is 2.94 bits per heavy atom. The molecule has 2 aliphatic rings. The van der Waals surface area contributed by atoms with Gasteiger partial charge in [-0.2, -0.15) is 5.26 Å². The van der Waals surface area contributed by atoms with E-state index in [0.29, 0.717) is 29.6 Å². The number of rotatable bonds is 5. The van der Waals surface area contributed by atoms with E-state index < -0.39 is 11.7 Å². The molecule has 0 bridgehead atoms. The molecule has 0 fully saturated rings. The molecule has 0 aromatic carbocycles. The molecule has 0 spiro atoms. The van der Waals surface area contributed by atoms with Gasteiger partial charge < -0.3 is 4.90 Å². The van der Waals surface area contributed by atoms with Crippen LogP contribution in [0.3, 0.4) is 0 Å². The summed E-state index contributed by atoms with van der Waals surface area (Å²) in [6.07, 6.45) is 9.71. The van der Waals surface area contributed by atoms with Gasteiger partial charge in [0.25, 0.3) is 0 Å². The number of nitriles is 1. The lowest BCUT2D eigenvalue weighted by atomic mass is 9.84. The molecular weight excluding hydrogens is 395 g/mol. The summed E-state index contributed by atoms with van der Waals surface area (Å²) in [6, 6.07) is 7.92. The monoisotopic (exact) mass is 418 g/mol. The number of aliphatic imine (C=N–C) groups is 1. The lowest BCUT2D eigenvalue weighted by molar-refractivity contribution is 0.200. The van der Waals surface area contributed by atoms with Gasteiger partial charge in [0.05, 0.1) is 30.2 Å². The van der Waals surface area contributed by atoms with Crippen LogP contribution in [0.15, 0.2) is 65.5 Å². The molecule has 31 heavy (non-hydrogen) atoms. The lowest BCUT2D eigenvalue weighted by Crippen LogP contribution is -2.43. The number of hydrogen-bond donors (Lipinski definition) is 1. The predicted octanol–water partition coefficient (Wildman–Crippen LogP) is 2.84. The maximum Gasteiger partial charge on any atom is 0.198 e. The number of nitrogens with zero attached hydrogens (tertiary/aromatic N) is 7. The topological polar surface area (TPSA) is 109 Å². The van der Waals surface area contributed by atoms with E-state index in [9.17, 15) is 9.65 Å². The van der Waals surface area contributed by atoms with Gasteiger partial charge in [-0.15, -0.1) is 5.10 Å². The van der Waals surface area contributed by atoms with Gasteiger partial charge in [-0.3, -0.25) is 15.7 Å². The van der Waals surface area contributed by atoms with Crippen LogP contribution in [0.4, 0.5) is 10.2 Å². The van der Waals surface area contributed by atoms with Crippen LogP contribution in [0.2, 0.25) is 0 Å². The summed E-state index contributed by atoms with van der Waals surface area (Å²) in [7, 11) is 0. The van der Waals surface area contributed by atoms with Crippen LogP contribution < -0.4 is 10.6 Å². The van der Waals surface area contributed by atoms with Crippen LogP contribution in [0.5, 0.6) is 0 Å². The van der Waals surface area contributed by atoms with Crippen molar-refractivity contribution < 1.29 is 4.39 Å². The van der Waals surface area contributed by atoms with Crippen LogP contribution in [0.1, 0.15) is 31.2 Å². The minimum Gasteiger partial charge on any atom is -0.310 e. The quantitative estimate of drug-likeness (QED) is 0.748. The highest BCUT2D eigenvalue weighted by Gasteiger charge is 2.38. The number of alkyl halides is 1. The predicted molar refractivity (Wildman–Crippen MR) is 116 cm³/mol. The molecule has 1 aliphatic carbocycles. The molecule has 1 aliphatic heterocycles. The van der Waals surface area contributed by atoms with Crippen molar-refractivity contribution in [3.8, 4) is 6.07 Å². The van der Waals surface area contributed by atoms with E-state index in [1.807, 2.05) is 35.4 Å². The number of nitrogens with two attached hydrogens (primary N) is 1. The average Bonchev–Trinajstić information content (AvgIpc) is 3.21. The molecule has 0 radical (unpaired) electrons. The summed E-state index contributed by atoms with van der Waals surface area (Å²) in [6.45, 7) is 5.00. The first-order valence-corrected chi connectivity index (χ1v) is 10.00. The largest absolute Gasteiger partial charge is 0.310 e. The highest BCUT2D eigenvalue weighted by atomic mass is 19.1. The third-order valence-electron chi connectivity index (χ3n) is 5.18. The Morgan fingerprint density at radius 2 is 2.23 bits per heavy atom. The van der Waals surface area contributed by atoms with E-state index in [1.165, 1.54) is 12.2 Å². The van der Waals surface area contributed by atoms with Gasteiger partial charge >= 0.3 is 0 Å². The van der Waals surface area contributed by atoms with Crippen LogP contribution >= 0.6 is 0 Å². The number of anilines is 1. The summed E-state index contributed by atoms with van der Waals surface area (Å²) in [5, 5.41) is 17.8. The molecule has 2 aromatic rings. The third-order valence-corrected chi connectivity index (χ3v) is 5.18. The lowest BCUT2D eigenvalue weighted by Gasteiger charge is -2.28. The zero-order valence-corrected chi connectivity index (χ0v) is 17.4.